The lowest BCUT2D eigenvalue weighted by molar-refractivity contribution is -0.120. The molecule has 1 atom stereocenters. The van der Waals surface area contributed by atoms with Crippen molar-refractivity contribution in [3.8, 4) is 5.75 Å². The first-order valence-corrected chi connectivity index (χ1v) is 8.03. The summed E-state index contributed by atoms with van der Waals surface area (Å²) in [5.74, 6) is -0.0597. The van der Waals surface area contributed by atoms with Gasteiger partial charge in [-0.05, 0) is 49.9 Å². The molecular weight excluding hydrogens is 350 g/mol. The summed E-state index contributed by atoms with van der Waals surface area (Å²) >= 11 is 5.90. The van der Waals surface area contributed by atoms with Crippen molar-refractivity contribution in [2.45, 2.75) is 26.1 Å². The van der Waals surface area contributed by atoms with Gasteiger partial charge in [0.25, 0.3) is 0 Å². The number of ether oxygens (including phenoxy) is 1. The maximum absolute atomic E-state index is 12.3. The largest absolute Gasteiger partial charge is 0.435 e. The van der Waals surface area contributed by atoms with Crippen LogP contribution in [0.3, 0.4) is 0 Å². The first-order chi connectivity index (χ1) is 11.8. The molecule has 0 heterocycles. The molecule has 0 aliphatic heterocycles. The number of halogens is 3. The summed E-state index contributed by atoms with van der Waals surface area (Å²) < 4.78 is 28.6. The SMILES string of the molecule is C[C@H](C(=O)Nc1cccc(Cl)c1)N(C)Cc1ccc(OC(F)F)cc1. The Kier molecular flexibility index (Phi) is 6.73. The normalized spacial score (nSPS) is 12.3. The lowest BCUT2D eigenvalue weighted by atomic mass is 10.1. The van der Waals surface area contributed by atoms with Crippen LogP contribution in [0.5, 0.6) is 5.75 Å². The lowest BCUT2D eigenvalue weighted by Crippen LogP contribution is -2.39. The van der Waals surface area contributed by atoms with Crippen molar-refractivity contribution in [1.29, 1.82) is 0 Å². The maximum Gasteiger partial charge on any atom is 0.387 e. The van der Waals surface area contributed by atoms with Gasteiger partial charge in [0.1, 0.15) is 5.75 Å². The lowest BCUT2D eigenvalue weighted by Gasteiger charge is -2.24. The molecule has 0 aliphatic rings. The molecule has 2 rings (SSSR count). The predicted molar refractivity (Wildman–Crippen MR) is 94.1 cm³/mol. The van der Waals surface area contributed by atoms with E-state index in [2.05, 4.69) is 10.1 Å². The Morgan fingerprint density at radius 2 is 1.92 bits per heavy atom. The van der Waals surface area contributed by atoms with Gasteiger partial charge < -0.3 is 10.1 Å². The molecule has 4 nitrogen and oxygen atoms in total. The molecule has 2 aromatic rings. The molecule has 0 aromatic heterocycles. The topological polar surface area (TPSA) is 41.6 Å². The van der Waals surface area contributed by atoms with Gasteiger partial charge in [-0.3, -0.25) is 9.69 Å². The van der Waals surface area contributed by atoms with Crippen LogP contribution in [-0.4, -0.2) is 30.5 Å². The van der Waals surface area contributed by atoms with E-state index in [1.165, 1.54) is 12.1 Å². The zero-order valence-corrected chi connectivity index (χ0v) is 14.6. The third-order valence-corrected chi connectivity index (χ3v) is 3.95. The van der Waals surface area contributed by atoms with Crippen LogP contribution in [0.4, 0.5) is 14.5 Å². The summed E-state index contributed by atoms with van der Waals surface area (Å²) in [5.41, 5.74) is 1.51. The van der Waals surface area contributed by atoms with Crippen LogP contribution in [0.2, 0.25) is 5.02 Å². The number of rotatable bonds is 7. The number of carbonyl (C=O) groups excluding carboxylic acids is 1. The number of nitrogens with zero attached hydrogens (tertiary/aromatic N) is 1. The third kappa shape index (κ3) is 5.99. The van der Waals surface area contributed by atoms with E-state index in [4.69, 9.17) is 11.6 Å². The van der Waals surface area contributed by atoms with Crippen LogP contribution >= 0.6 is 11.6 Å². The highest BCUT2D eigenvalue weighted by atomic mass is 35.5. The van der Waals surface area contributed by atoms with Crippen LogP contribution < -0.4 is 10.1 Å². The molecule has 0 bridgehead atoms. The Bertz CT molecular complexity index is 710. The number of hydrogen-bond donors (Lipinski definition) is 1. The summed E-state index contributed by atoms with van der Waals surface area (Å²) in [6.45, 7) is -0.573. The van der Waals surface area contributed by atoms with Crippen molar-refractivity contribution >= 4 is 23.2 Å². The highest BCUT2D eigenvalue weighted by molar-refractivity contribution is 6.30. The number of carbonyl (C=O) groups is 1. The van der Waals surface area contributed by atoms with Crippen molar-refractivity contribution < 1.29 is 18.3 Å². The summed E-state index contributed by atoms with van der Waals surface area (Å²) in [6, 6.07) is 12.9. The zero-order valence-electron chi connectivity index (χ0n) is 13.9. The third-order valence-electron chi connectivity index (χ3n) is 3.71. The van der Waals surface area contributed by atoms with Gasteiger partial charge >= 0.3 is 6.61 Å². The molecule has 0 saturated carbocycles. The molecule has 7 heteroatoms. The van der Waals surface area contributed by atoms with E-state index in [0.29, 0.717) is 17.3 Å². The Morgan fingerprint density at radius 3 is 2.52 bits per heavy atom. The smallest absolute Gasteiger partial charge is 0.387 e. The summed E-state index contributed by atoms with van der Waals surface area (Å²) in [4.78, 5) is 14.2. The minimum Gasteiger partial charge on any atom is -0.435 e. The minimum absolute atomic E-state index is 0.105. The van der Waals surface area contributed by atoms with Crippen LogP contribution in [0, 0.1) is 0 Å². The monoisotopic (exact) mass is 368 g/mol. The van der Waals surface area contributed by atoms with Crippen molar-refractivity contribution in [2.75, 3.05) is 12.4 Å². The predicted octanol–water partition coefficient (Wildman–Crippen LogP) is 4.40. The fourth-order valence-electron chi connectivity index (χ4n) is 2.21. The van der Waals surface area contributed by atoms with Gasteiger partial charge in [0.05, 0.1) is 6.04 Å². The highest BCUT2D eigenvalue weighted by Gasteiger charge is 2.18. The quantitative estimate of drug-likeness (QED) is 0.787. The van der Waals surface area contributed by atoms with Gasteiger partial charge in [-0.25, -0.2) is 0 Å². The second-order valence-electron chi connectivity index (χ2n) is 5.61. The van der Waals surface area contributed by atoms with E-state index in [9.17, 15) is 13.6 Å². The number of amides is 1. The Hall–Kier alpha value is -2.18. The van der Waals surface area contributed by atoms with Gasteiger partial charge in [-0.2, -0.15) is 8.78 Å². The van der Waals surface area contributed by atoms with Gasteiger partial charge in [-0.15, -0.1) is 0 Å². The molecule has 2 aromatic carbocycles. The van der Waals surface area contributed by atoms with Gasteiger partial charge in [0.15, 0.2) is 0 Å². The number of hydrogen-bond acceptors (Lipinski definition) is 3. The second-order valence-corrected chi connectivity index (χ2v) is 6.05. The molecule has 0 spiro atoms. The van der Waals surface area contributed by atoms with Crippen molar-refractivity contribution in [1.82, 2.24) is 4.90 Å². The van der Waals surface area contributed by atoms with E-state index < -0.39 is 12.7 Å². The molecule has 0 aliphatic carbocycles. The minimum atomic E-state index is -2.84. The van der Waals surface area contributed by atoms with Crippen molar-refractivity contribution in [2.24, 2.45) is 0 Å². The van der Waals surface area contributed by atoms with E-state index in [1.54, 1.807) is 43.3 Å². The Balaban J connectivity index is 1.92. The summed E-state index contributed by atoms with van der Waals surface area (Å²) in [6.07, 6.45) is 0. The fourth-order valence-corrected chi connectivity index (χ4v) is 2.40. The van der Waals surface area contributed by atoms with E-state index in [0.717, 1.165) is 5.56 Å². The van der Waals surface area contributed by atoms with Gasteiger partial charge in [-0.1, -0.05) is 29.8 Å². The first kappa shape index (κ1) is 19.1. The standard InChI is InChI=1S/C18H19ClF2N2O2/c1-12(17(24)22-15-5-3-4-14(19)10-15)23(2)11-13-6-8-16(9-7-13)25-18(20)21/h3-10,12,18H,11H2,1-2H3,(H,22,24)/t12-/m1/s1. The first-order valence-electron chi connectivity index (χ1n) is 7.65. The molecular formula is C18H19ClF2N2O2. The average molecular weight is 369 g/mol. The van der Waals surface area contributed by atoms with E-state index in [-0.39, 0.29) is 11.7 Å². The Labute approximate surface area is 150 Å². The molecule has 1 N–H and O–H groups in total. The van der Waals surface area contributed by atoms with Gasteiger partial charge in [0, 0.05) is 17.3 Å². The summed E-state index contributed by atoms with van der Waals surface area (Å²) in [5, 5.41) is 3.36. The summed E-state index contributed by atoms with van der Waals surface area (Å²) in [7, 11) is 1.81. The maximum atomic E-state index is 12.3. The van der Waals surface area contributed by atoms with Crippen molar-refractivity contribution in [3.05, 3.63) is 59.1 Å². The van der Waals surface area contributed by atoms with Crippen LogP contribution in [-0.2, 0) is 11.3 Å². The number of benzene rings is 2. The van der Waals surface area contributed by atoms with Crippen LogP contribution in [0.1, 0.15) is 12.5 Å². The molecule has 0 fully saturated rings. The number of alkyl halides is 2. The molecule has 0 unspecified atom stereocenters. The Morgan fingerprint density at radius 1 is 1.24 bits per heavy atom. The highest BCUT2D eigenvalue weighted by Crippen LogP contribution is 2.18. The molecule has 25 heavy (non-hydrogen) atoms. The van der Waals surface area contributed by atoms with Gasteiger partial charge in [0.2, 0.25) is 5.91 Å². The van der Waals surface area contributed by atoms with E-state index >= 15 is 0 Å². The van der Waals surface area contributed by atoms with E-state index in [1.807, 2.05) is 11.9 Å². The van der Waals surface area contributed by atoms with Crippen LogP contribution in [0.25, 0.3) is 0 Å². The second kappa shape index (κ2) is 8.78. The zero-order chi connectivity index (χ0) is 18.4. The van der Waals surface area contributed by atoms with Crippen LogP contribution in [0.15, 0.2) is 48.5 Å². The number of anilines is 1. The number of likely N-dealkylation sites (N-methyl/N-ethyl adjacent to an activating group) is 1. The number of nitrogens with one attached hydrogen (secondary N) is 1. The average Bonchev–Trinajstić information content (AvgIpc) is 2.55. The molecule has 134 valence electrons. The molecule has 0 saturated heterocycles. The molecule has 0 radical (unpaired) electrons. The molecule has 1 amide bonds. The van der Waals surface area contributed by atoms with Crippen molar-refractivity contribution in [3.63, 3.8) is 0 Å². The fraction of sp³-hybridized carbons (Fsp3) is 0.278.